The van der Waals surface area contributed by atoms with Gasteiger partial charge in [0.15, 0.2) is 0 Å². The Labute approximate surface area is 118 Å². The first-order chi connectivity index (χ1) is 9.09. The molecule has 2 aromatic carbocycles. The zero-order valence-corrected chi connectivity index (χ0v) is 11.8. The summed E-state index contributed by atoms with van der Waals surface area (Å²) in [5.41, 5.74) is 2.96. The molecule has 0 aromatic heterocycles. The molecule has 0 spiro atoms. The molecule has 0 fully saturated rings. The monoisotopic (exact) mass is 277 g/mol. The summed E-state index contributed by atoms with van der Waals surface area (Å²) in [4.78, 5) is 0. The Morgan fingerprint density at radius 2 is 1.89 bits per heavy atom. The summed E-state index contributed by atoms with van der Waals surface area (Å²) >= 11 is 6.01. The van der Waals surface area contributed by atoms with Gasteiger partial charge in [-0.15, -0.1) is 0 Å². The molecule has 1 N–H and O–H groups in total. The quantitative estimate of drug-likeness (QED) is 0.858. The standard InChI is InChI=1S/C16H17ClFN/c1-11-6-3-4-7-13(11)12(2)19-10-14-15(17)8-5-9-16(14)18/h3-9,12,19H,10H2,1-2H3/t12-/m1/s1. The maximum atomic E-state index is 13.7. The van der Waals surface area contributed by atoms with Gasteiger partial charge in [0.2, 0.25) is 0 Å². The Balaban J connectivity index is 2.09. The van der Waals surface area contributed by atoms with Crippen molar-refractivity contribution in [2.24, 2.45) is 0 Å². The number of hydrogen-bond acceptors (Lipinski definition) is 1. The lowest BCUT2D eigenvalue weighted by Gasteiger charge is -2.17. The summed E-state index contributed by atoms with van der Waals surface area (Å²) < 4.78 is 13.7. The fourth-order valence-corrected chi connectivity index (χ4v) is 2.37. The Kier molecular flexibility index (Phi) is 4.56. The highest BCUT2D eigenvalue weighted by Gasteiger charge is 2.10. The topological polar surface area (TPSA) is 12.0 Å². The SMILES string of the molecule is Cc1ccccc1[C@@H](C)NCc1c(F)cccc1Cl. The van der Waals surface area contributed by atoms with Gasteiger partial charge in [0, 0.05) is 23.2 Å². The Hall–Kier alpha value is -1.38. The van der Waals surface area contributed by atoms with Gasteiger partial charge in [-0.3, -0.25) is 0 Å². The minimum atomic E-state index is -0.267. The largest absolute Gasteiger partial charge is 0.306 e. The second-order valence-corrected chi connectivity index (χ2v) is 5.07. The molecule has 0 heterocycles. The average molecular weight is 278 g/mol. The van der Waals surface area contributed by atoms with Crippen LogP contribution in [-0.2, 0) is 6.54 Å². The Morgan fingerprint density at radius 3 is 2.58 bits per heavy atom. The molecule has 1 atom stereocenters. The van der Waals surface area contributed by atoms with Crippen molar-refractivity contribution in [2.75, 3.05) is 0 Å². The smallest absolute Gasteiger partial charge is 0.129 e. The first-order valence-corrected chi connectivity index (χ1v) is 6.69. The minimum absolute atomic E-state index is 0.150. The molecule has 0 aliphatic rings. The molecule has 0 amide bonds. The third kappa shape index (κ3) is 3.34. The van der Waals surface area contributed by atoms with Crippen LogP contribution in [0.25, 0.3) is 0 Å². The first kappa shape index (κ1) is 14.0. The van der Waals surface area contributed by atoms with E-state index in [-0.39, 0.29) is 11.9 Å². The molecule has 0 unspecified atom stereocenters. The van der Waals surface area contributed by atoms with Gasteiger partial charge in [-0.25, -0.2) is 4.39 Å². The average Bonchev–Trinajstić information content (AvgIpc) is 2.38. The molecule has 19 heavy (non-hydrogen) atoms. The van der Waals surface area contributed by atoms with E-state index in [1.54, 1.807) is 12.1 Å². The molecule has 0 saturated carbocycles. The molecular weight excluding hydrogens is 261 g/mol. The van der Waals surface area contributed by atoms with E-state index in [9.17, 15) is 4.39 Å². The fourth-order valence-electron chi connectivity index (χ4n) is 2.14. The van der Waals surface area contributed by atoms with Gasteiger partial charge in [0.1, 0.15) is 5.82 Å². The van der Waals surface area contributed by atoms with Gasteiger partial charge in [-0.2, -0.15) is 0 Å². The van der Waals surface area contributed by atoms with E-state index in [2.05, 4.69) is 31.3 Å². The van der Waals surface area contributed by atoms with Gasteiger partial charge in [0.25, 0.3) is 0 Å². The third-order valence-corrected chi connectivity index (χ3v) is 3.66. The van der Waals surface area contributed by atoms with Crippen molar-refractivity contribution in [3.05, 3.63) is 70.0 Å². The molecule has 0 aliphatic heterocycles. The van der Waals surface area contributed by atoms with Crippen LogP contribution in [0.4, 0.5) is 4.39 Å². The lowest BCUT2D eigenvalue weighted by molar-refractivity contribution is 0.543. The van der Waals surface area contributed by atoms with E-state index < -0.39 is 0 Å². The number of rotatable bonds is 4. The highest BCUT2D eigenvalue weighted by Crippen LogP contribution is 2.21. The van der Waals surface area contributed by atoms with Crippen LogP contribution in [0, 0.1) is 12.7 Å². The number of nitrogens with one attached hydrogen (secondary N) is 1. The van der Waals surface area contributed by atoms with Crippen LogP contribution in [0.1, 0.15) is 29.7 Å². The molecule has 2 rings (SSSR count). The fraction of sp³-hybridized carbons (Fsp3) is 0.250. The molecule has 2 aromatic rings. The predicted molar refractivity (Wildman–Crippen MR) is 77.8 cm³/mol. The molecule has 0 saturated heterocycles. The first-order valence-electron chi connectivity index (χ1n) is 6.31. The van der Waals surface area contributed by atoms with Crippen molar-refractivity contribution in [3.63, 3.8) is 0 Å². The summed E-state index contributed by atoms with van der Waals surface area (Å²) in [7, 11) is 0. The van der Waals surface area contributed by atoms with Crippen molar-refractivity contribution < 1.29 is 4.39 Å². The molecule has 0 bridgehead atoms. The second kappa shape index (κ2) is 6.18. The van der Waals surface area contributed by atoms with E-state index in [4.69, 9.17) is 11.6 Å². The zero-order chi connectivity index (χ0) is 13.8. The number of benzene rings is 2. The number of halogens is 2. The number of hydrogen-bond donors (Lipinski definition) is 1. The molecular formula is C16H17ClFN. The van der Waals surface area contributed by atoms with Crippen LogP contribution in [0.2, 0.25) is 5.02 Å². The van der Waals surface area contributed by atoms with Crippen LogP contribution in [0.5, 0.6) is 0 Å². The summed E-state index contributed by atoms with van der Waals surface area (Å²) in [5.74, 6) is -0.267. The Morgan fingerprint density at radius 1 is 1.16 bits per heavy atom. The maximum Gasteiger partial charge on any atom is 0.129 e. The maximum absolute atomic E-state index is 13.7. The number of aryl methyl sites for hydroxylation is 1. The Bertz CT molecular complexity index is 548. The normalized spacial score (nSPS) is 12.4. The third-order valence-electron chi connectivity index (χ3n) is 3.30. The van der Waals surface area contributed by atoms with E-state index in [1.165, 1.54) is 17.2 Å². The highest BCUT2D eigenvalue weighted by atomic mass is 35.5. The highest BCUT2D eigenvalue weighted by molar-refractivity contribution is 6.31. The summed E-state index contributed by atoms with van der Waals surface area (Å²) in [6.07, 6.45) is 0. The van der Waals surface area contributed by atoms with E-state index in [0.717, 1.165) is 0 Å². The molecule has 3 heteroatoms. The van der Waals surface area contributed by atoms with Gasteiger partial charge >= 0.3 is 0 Å². The van der Waals surface area contributed by atoms with Crippen molar-refractivity contribution in [1.29, 1.82) is 0 Å². The van der Waals surface area contributed by atoms with Gasteiger partial charge < -0.3 is 5.32 Å². The molecule has 0 aliphatic carbocycles. The summed E-state index contributed by atoms with van der Waals surface area (Å²) in [5, 5.41) is 3.78. The minimum Gasteiger partial charge on any atom is -0.306 e. The second-order valence-electron chi connectivity index (χ2n) is 4.66. The van der Waals surface area contributed by atoms with E-state index >= 15 is 0 Å². The summed E-state index contributed by atoms with van der Waals surface area (Å²) in [6, 6.07) is 13.1. The van der Waals surface area contributed by atoms with Crippen LogP contribution in [0.15, 0.2) is 42.5 Å². The van der Waals surface area contributed by atoms with Crippen molar-refractivity contribution in [1.82, 2.24) is 5.32 Å². The van der Waals surface area contributed by atoms with Gasteiger partial charge in [-0.05, 0) is 37.1 Å². The van der Waals surface area contributed by atoms with Crippen LogP contribution in [-0.4, -0.2) is 0 Å². The molecule has 0 radical (unpaired) electrons. The molecule has 1 nitrogen and oxygen atoms in total. The lowest BCUT2D eigenvalue weighted by Crippen LogP contribution is -2.19. The van der Waals surface area contributed by atoms with Gasteiger partial charge in [-0.1, -0.05) is 41.9 Å². The van der Waals surface area contributed by atoms with Crippen molar-refractivity contribution >= 4 is 11.6 Å². The van der Waals surface area contributed by atoms with Crippen LogP contribution in [0.3, 0.4) is 0 Å². The molecule has 100 valence electrons. The van der Waals surface area contributed by atoms with Crippen molar-refractivity contribution in [2.45, 2.75) is 26.4 Å². The van der Waals surface area contributed by atoms with E-state index in [0.29, 0.717) is 17.1 Å². The summed E-state index contributed by atoms with van der Waals surface area (Å²) in [6.45, 7) is 4.56. The van der Waals surface area contributed by atoms with Crippen molar-refractivity contribution in [3.8, 4) is 0 Å². The van der Waals surface area contributed by atoms with E-state index in [1.807, 2.05) is 12.1 Å². The van der Waals surface area contributed by atoms with Crippen LogP contribution >= 0.6 is 11.6 Å². The van der Waals surface area contributed by atoms with Gasteiger partial charge in [0.05, 0.1) is 0 Å². The lowest BCUT2D eigenvalue weighted by atomic mass is 10.0. The zero-order valence-electron chi connectivity index (χ0n) is 11.1. The predicted octanol–water partition coefficient (Wildman–Crippen LogP) is 4.64. The van der Waals surface area contributed by atoms with Crippen LogP contribution < -0.4 is 5.32 Å².